The lowest BCUT2D eigenvalue weighted by molar-refractivity contribution is -0.137. The number of nitrogens with zero attached hydrogens (tertiary/aromatic N) is 3. The van der Waals surface area contributed by atoms with Gasteiger partial charge >= 0.3 is 12.3 Å². The van der Waals surface area contributed by atoms with Crippen molar-refractivity contribution < 1.29 is 41.1 Å². The highest BCUT2D eigenvalue weighted by Gasteiger charge is 2.43. The van der Waals surface area contributed by atoms with Crippen LogP contribution in [0.25, 0.3) is 0 Å². The number of hydrogen-bond donors (Lipinski definition) is 3. The number of hydrogen-bond acceptors (Lipinski definition) is 6. The Kier molecular flexibility index (Phi) is 8.08. The van der Waals surface area contributed by atoms with Gasteiger partial charge in [-0.25, -0.2) is 18.4 Å². The molecule has 0 saturated heterocycles. The molecule has 2 aliphatic rings. The maximum Gasteiger partial charge on any atom is 0.417 e. The Hall–Kier alpha value is -3.69. The monoisotopic (exact) mass is 628 g/mol. The van der Waals surface area contributed by atoms with Crippen LogP contribution in [0.2, 0.25) is 5.02 Å². The van der Waals surface area contributed by atoms with E-state index in [2.05, 4.69) is 10.3 Å². The number of carboxylic acid groups (broad SMARTS) is 1. The molecule has 225 valence electrons. The summed E-state index contributed by atoms with van der Waals surface area (Å²) in [4.78, 5) is 44.0. The third kappa shape index (κ3) is 6.37. The van der Waals surface area contributed by atoms with Crippen molar-refractivity contribution in [3.05, 3.63) is 69.9 Å². The van der Waals surface area contributed by atoms with Crippen molar-refractivity contribution in [2.45, 2.75) is 37.9 Å². The molecule has 0 bridgehead atoms. The Morgan fingerprint density at radius 3 is 2.36 bits per heavy atom. The van der Waals surface area contributed by atoms with Crippen LogP contribution in [0.4, 0.5) is 23.7 Å². The minimum atomic E-state index is -4.76. The maximum atomic E-state index is 13.7. The summed E-state index contributed by atoms with van der Waals surface area (Å²) in [5.41, 5.74) is -1.28. The summed E-state index contributed by atoms with van der Waals surface area (Å²) >= 11 is 6.08. The third-order valence-corrected chi connectivity index (χ3v) is 8.15. The van der Waals surface area contributed by atoms with E-state index in [1.807, 2.05) is 0 Å². The molecular formula is C26H26ClF3N5O6S. The van der Waals surface area contributed by atoms with Crippen molar-refractivity contribution in [1.29, 1.82) is 0 Å². The Balaban J connectivity index is 1.75. The van der Waals surface area contributed by atoms with Gasteiger partial charge < -0.3 is 20.2 Å². The summed E-state index contributed by atoms with van der Waals surface area (Å²) in [6.07, 6.45) is -3.98. The van der Waals surface area contributed by atoms with Crippen LogP contribution in [0.1, 0.15) is 42.4 Å². The standard InChI is InChI=1S/C26H26ClF3N5O6S/c1-25(2,3)23(37)33-19-7-15(26(28,29)30)9-32-18(19)8-20-16-12-34(24(38)39)10-14(16)11-35(20)22(36)13-4-5-21(17(27)6-13)42(31,40)41/h4-9,20H,10-12H2,1-3H3,(H,33,37)(H,38,39)(H2,31,40,41). The summed E-state index contributed by atoms with van der Waals surface area (Å²) in [7, 11) is -4.17. The highest BCUT2D eigenvalue weighted by Crippen LogP contribution is 2.38. The van der Waals surface area contributed by atoms with Crippen LogP contribution >= 0.6 is 11.6 Å². The number of halogens is 4. The van der Waals surface area contributed by atoms with E-state index in [0.717, 1.165) is 23.1 Å². The Bertz CT molecular complexity index is 1620. The van der Waals surface area contributed by atoms with E-state index in [-0.39, 0.29) is 41.6 Å². The van der Waals surface area contributed by atoms with Crippen LogP contribution in [0.3, 0.4) is 0 Å². The first-order valence-electron chi connectivity index (χ1n) is 12.3. The maximum absolute atomic E-state index is 13.7. The second-order valence-electron chi connectivity index (χ2n) is 10.9. The molecule has 3 heterocycles. The molecule has 16 heteroatoms. The van der Waals surface area contributed by atoms with E-state index >= 15 is 0 Å². The fourth-order valence-corrected chi connectivity index (χ4v) is 5.62. The molecule has 1 radical (unpaired) electrons. The minimum Gasteiger partial charge on any atom is -0.465 e. The predicted molar refractivity (Wildman–Crippen MR) is 145 cm³/mol. The number of benzene rings is 1. The Morgan fingerprint density at radius 1 is 1.14 bits per heavy atom. The largest absolute Gasteiger partial charge is 0.465 e. The number of carbonyl (C=O) groups excluding carboxylic acids is 2. The number of alkyl halides is 3. The molecule has 1 atom stereocenters. The van der Waals surface area contributed by atoms with Gasteiger partial charge in [0.2, 0.25) is 15.9 Å². The first-order valence-corrected chi connectivity index (χ1v) is 14.3. The van der Waals surface area contributed by atoms with Crippen molar-refractivity contribution >= 4 is 45.2 Å². The van der Waals surface area contributed by atoms with Gasteiger partial charge in [0.05, 0.1) is 28.0 Å². The molecule has 0 fully saturated rings. The fourth-order valence-electron chi connectivity index (χ4n) is 4.53. The number of aromatic nitrogens is 1. The topological polar surface area (TPSA) is 163 Å². The molecule has 0 spiro atoms. The molecule has 1 aromatic heterocycles. The van der Waals surface area contributed by atoms with Crippen LogP contribution in [-0.4, -0.2) is 71.9 Å². The number of amides is 3. The van der Waals surface area contributed by atoms with Crippen molar-refractivity contribution in [3.8, 4) is 0 Å². The van der Waals surface area contributed by atoms with Gasteiger partial charge in [0.25, 0.3) is 5.91 Å². The van der Waals surface area contributed by atoms with E-state index in [4.69, 9.17) is 16.7 Å². The van der Waals surface area contributed by atoms with E-state index < -0.39 is 56.0 Å². The second-order valence-corrected chi connectivity index (χ2v) is 12.8. The van der Waals surface area contributed by atoms with E-state index in [0.29, 0.717) is 17.3 Å². The minimum absolute atomic E-state index is 0.00203. The van der Waals surface area contributed by atoms with E-state index in [1.165, 1.54) is 17.4 Å². The smallest absolute Gasteiger partial charge is 0.417 e. The van der Waals surface area contributed by atoms with Crippen LogP contribution in [-0.2, 0) is 21.0 Å². The SMILES string of the molecule is CC(C)(C)C(=O)Nc1cc(C(F)(F)F)cnc1[CH]C1C2=C(CN(C(=O)O)C2)CN1C(=O)c1ccc(S(N)(=O)=O)c(Cl)c1. The number of sulfonamides is 1. The van der Waals surface area contributed by atoms with Gasteiger partial charge in [0.15, 0.2) is 0 Å². The lowest BCUT2D eigenvalue weighted by atomic mass is 9.95. The van der Waals surface area contributed by atoms with Gasteiger partial charge in [-0.05, 0) is 35.4 Å². The Morgan fingerprint density at radius 2 is 1.81 bits per heavy atom. The molecular weight excluding hydrogens is 603 g/mol. The second kappa shape index (κ2) is 10.9. The van der Waals surface area contributed by atoms with Crippen molar-refractivity contribution in [2.24, 2.45) is 10.6 Å². The molecule has 4 N–H and O–H groups in total. The zero-order valence-corrected chi connectivity index (χ0v) is 24.1. The first kappa shape index (κ1) is 31.3. The molecule has 2 aromatic rings. The summed E-state index contributed by atoms with van der Waals surface area (Å²) in [6, 6.07) is 3.18. The third-order valence-electron chi connectivity index (χ3n) is 6.76. The molecule has 2 aliphatic heterocycles. The first-order chi connectivity index (χ1) is 19.3. The molecule has 11 nitrogen and oxygen atoms in total. The Labute approximate surface area is 244 Å². The normalized spacial score (nSPS) is 17.5. The quantitative estimate of drug-likeness (QED) is 0.425. The van der Waals surface area contributed by atoms with Crippen LogP contribution in [0.15, 0.2) is 46.5 Å². The van der Waals surface area contributed by atoms with Crippen molar-refractivity contribution in [3.63, 3.8) is 0 Å². The van der Waals surface area contributed by atoms with E-state index in [1.54, 1.807) is 20.8 Å². The number of carbonyl (C=O) groups is 3. The summed E-state index contributed by atoms with van der Waals surface area (Å²) in [5, 5.41) is 16.9. The average molecular weight is 629 g/mol. The van der Waals surface area contributed by atoms with Gasteiger partial charge in [-0.2, -0.15) is 13.2 Å². The molecule has 4 rings (SSSR count). The summed E-state index contributed by atoms with van der Waals surface area (Å²) in [5.74, 6) is -1.21. The molecule has 0 aliphatic carbocycles. The van der Waals surface area contributed by atoms with Gasteiger partial charge in [0, 0.05) is 43.2 Å². The molecule has 1 aromatic carbocycles. The molecule has 0 saturated carbocycles. The predicted octanol–water partition coefficient (Wildman–Crippen LogP) is 3.75. The lowest BCUT2D eigenvalue weighted by Gasteiger charge is -2.30. The van der Waals surface area contributed by atoms with Crippen LogP contribution < -0.4 is 10.5 Å². The molecule has 3 amide bonds. The highest BCUT2D eigenvalue weighted by molar-refractivity contribution is 7.89. The lowest BCUT2D eigenvalue weighted by Crippen LogP contribution is -2.42. The fraction of sp³-hybridized carbons (Fsp3) is 0.346. The van der Waals surface area contributed by atoms with Gasteiger partial charge in [-0.15, -0.1) is 0 Å². The molecule has 42 heavy (non-hydrogen) atoms. The highest BCUT2D eigenvalue weighted by atomic mass is 35.5. The van der Waals surface area contributed by atoms with Crippen molar-refractivity contribution in [2.75, 3.05) is 25.0 Å². The number of anilines is 1. The zero-order valence-electron chi connectivity index (χ0n) is 22.5. The summed E-state index contributed by atoms with van der Waals surface area (Å²) < 4.78 is 64.1. The van der Waals surface area contributed by atoms with Gasteiger partial charge in [-0.1, -0.05) is 32.4 Å². The number of pyridine rings is 1. The summed E-state index contributed by atoms with van der Waals surface area (Å²) in [6.45, 7) is 4.62. The number of primary sulfonamides is 1. The van der Waals surface area contributed by atoms with Crippen LogP contribution in [0, 0.1) is 11.8 Å². The van der Waals surface area contributed by atoms with Gasteiger partial charge in [0.1, 0.15) is 4.90 Å². The number of rotatable bonds is 5. The molecule has 1 unspecified atom stereocenters. The van der Waals surface area contributed by atoms with Crippen molar-refractivity contribution in [1.82, 2.24) is 14.8 Å². The van der Waals surface area contributed by atoms with Gasteiger partial charge in [-0.3, -0.25) is 14.6 Å². The number of nitrogens with one attached hydrogen (secondary N) is 1. The van der Waals surface area contributed by atoms with E-state index in [9.17, 15) is 41.1 Å². The zero-order chi connectivity index (χ0) is 31.4. The average Bonchev–Trinajstić information content (AvgIpc) is 3.42. The number of nitrogens with two attached hydrogens (primary N) is 1. The van der Waals surface area contributed by atoms with Crippen LogP contribution in [0.5, 0.6) is 0 Å².